The molecule has 2 atom stereocenters. The van der Waals surface area contributed by atoms with Crippen LogP contribution in [-0.2, 0) is 22.6 Å². The van der Waals surface area contributed by atoms with Crippen molar-refractivity contribution >= 4 is 17.9 Å². The van der Waals surface area contributed by atoms with E-state index in [1.165, 1.54) is 10.5 Å². The molecule has 0 saturated carbocycles. The number of likely N-dealkylation sites (tertiary alicyclic amines) is 1. The molecule has 0 radical (unpaired) electrons. The second kappa shape index (κ2) is 7.76. The number of nitrogens with zero attached hydrogens (tertiary/aromatic N) is 2. The van der Waals surface area contributed by atoms with Gasteiger partial charge in [-0.25, -0.2) is 4.79 Å². The highest BCUT2D eigenvalue weighted by atomic mass is 16.4. The molecule has 2 unspecified atom stereocenters. The number of rotatable bonds is 3. The van der Waals surface area contributed by atoms with Crippen LogP contribution >= 0.6 is 0 Å². The number of amides is 3. The third-order valence-electron chi connectivity index (χ3n) is 5.17. The van der Waals surface area contributed by atoms with Gasteiger partial charge in [0.2, 0.25) is 5.91 Å². The minimum atomic E-state index is -0.877. The molecule has 1 saturated heterocycles. The fourth-order valence-corrected chi connectivity index (χ4v) is 3.78. The number of fused-ring (bicyclic) bond motifs is 1. The smallest absolute Gasteiger partial charge is 0.317 e. The zero-order chi connectivity index (χ0) is 18.7. The summed E-state index contributed by atoms with van der Waals surface area (Å²) in [5.74, 6) is -1.41. The average molecular weight is 359 g/mol. The van der Waals surface area contributed by atoms with E-state index in [-0.39, 0.29) is 30.9 Å². The molecule has 140 valence electrons. The molecule has 1 aromatic carbocycles. The number of carboxylic acid groups (broad SMARTS) is 1. The highest BCUT2D eigenvalue weighted by Gasteiger charge is 2.32. The van der Waals surface area contributed by atoms with Crippen molar-refractivity contribution in [3.63, 3.8) is 0 Å². The van der Waals surface area contributed by atoms with Crippen LogP contribution in [0.25, 0.3) is 0 Å². The molecule has 1 fully saturated rings. The van der Waals surface area contributed by atoms with E-state index in [0.29, 0.717) is 26.1 Å². The Labute approximate surface area is 153 Å². The summed E-state index contributed by atoms with van der Waals surface area (Å²) in [4.78, 5) is 39.3. The van der Waals surface area contributed by atoms with Crippen molar-refractivity contribution in [1.82, 2.24) is 15.1 Å². The third kappa shape index (κ3) is 4.15. The molecule has 7 heteroatoms. The van der Waals surface area contributed by atoms with E-state index in [0.717, 1.165) is 12.0 Å². The number of nitrogens with one attached hydrogen (secondary N) is 1. The Hall–Kier alpha value is -2.57. The third-order valence-corrected chi connectivity index (χ3v) is 5.17. The van der Waals surface area contributed by atoms with Gasteiger partial charge in [0, 0.05) is 26.2 Å². The van der Waals surface area contributed by atoms with Crippen LogP contribution in [0.2, 0.25) is 0 Å². The zero-order valence-corrected chi connectivity index (χ0v) is 15.0. The predicted octanol–water partition coefficient (Wildman–Crippen LogP) is 1.32. The van der Waals surface area contributed by atoms with Gasteiger partial charge in [0.15, 0.2) is 0 Å². The van der Waals surface area contributed by atoms with Gasteiger partial charge >= 0.3 is 12.0 Å². The standard InChI is InChI=1S/C19H25N3O4/c1-13-8-16(18(24)25)12-22(10-13)19(26)20-9-17(23)21-7-6-14-4-2-3-5-15(14)11-21/h2-5,13,16H,6-12H2,1H3,(H,20,26)(H,24,25). The second-order valence-electron chi connectivity index (χ2n) is 7.27. The first-order chi connectivity index (χ1) is 12.4. The molecule has 3 rings (SSSR count). The number of urea groups is 1. The van der Waals surface area contributed by atoms with Gasteiger partial charge in [0.1, 0.15) is 0 Å². The quantitative estimate of drug-likeness (QED) is 0.852. The molecular weight excluding hydrogens is 334 g/mol. The summed E-state index contributed by atoms with van der Waals surface area (Å²) in [5, 5.41) is 11.9. The summed E-state index contributed by atoms with van der Waals surface area (Å²) in [5.41, 5.74) is 2.41. The van der Waals surface area contributed by atoms with E-state index in [2.05, 4.69) is 11.4 Å². The maximum absolute atomic E-state index is 12.4. The second-order valence-corrected chi connectivity index (χ2v) is 7.27. The number of piperidine rings is 1. The van der Waals surface area contributed by atoms with Crippen LogP contribution in [0.4, 0.5) is 4.79 Å². The zero-order valence-electron chi connectivity index (χ0n) is 15.0. The van der Waals surface area contributed by atoms with E-state index in [4.69, 9.17) is 0 Å². The van der Waals surface area contributed by atoms with Crippen LogP contribution in [-0.4, -0.2) is 59.0 Å². The van der Waals surface area contributed by atoms with Crippen molar-refractivity contribution < 1.29 is 19.5 Å². The normalized spacial score (nSPS) is 22.5. The molecule has 26 heavy (non-hydrogen) atoms. The maximum atomic E-state index is 12.4. The summed E-state index contributed by atoms with van der Waals surface area (Å²) < 4.78 is 0. The molecule has 7 nitrogen and oxygen atoms in total. The molecule has 0 aromatic heterocycles. The predicted molar refractivity (Wildman–Crippen MR) is 95.4 cm³/mol. The van der Waals surface area contributed by atoms with Gasteiger partial charge in [-0.05, 0) is 29.9 Å². The number of benzene rings is 1. The monoisotopic (exact) mass is 359 g/mol. The van der Waals surface area contributed by atoms with Crippen LogP contribution in [0, 0.1) is 11.8 Å². The maximum Gasteiger partial charge on any atom is 0.317 e. The topological polar surface area (TPSA) is 90.0 Å². The molecule has 0 aliphatic carbocycles. The molecule has 2 N–H and O–H groups in total. The number of carbonyl (C=O) groups is 3. The number of aliphatic carboxylic acids is 1. The number of hydrogen-bond donors (Lipinski definition) is 2. The molecular formula is C19H25N3O4. The van der Waals surface area contributed by atoms with Crippen molar-refractivity contribution in [2.45, 2.75) is 26.3 Å². The summed E-state index contributed by atoms with van der Waals surface area (Å²) in [7, 11) is 0. The van der Waals surface area contributed by atoms with Gasteiger partial charge in [0.05, 0.1) is 12.5 Å². The molecule has 2 heterocycles. The van der Waals surface area contributed by atoms with Gasteiger partial charge in [-0.1, -0.05) is 31.2 Å². The Kier molecular flexibility index (Phi) is 5.44. The minimum Gasteiger partial charge on any atom is -0.481 e. The van der Waals surface area contributed by atoms with Crippen molar-refractivity contribution in [2.75, 3.05) is 26.2 Å². The lowest BCUT2D eigenvalue weighted by Crippen LogP contribution is -2.51. The van der Waals surface area contributed by atoms with Gasteiger partial charge in [0.25, 0.3) is 0 Å². The van der Waals surface area contributed by atoms with E-state index >= 15 is 0 Å². The van der Waals surface area contributed by atoms with Crippen LogP contribution in [0.1, 0.15) is 24.5 Å². The molecule has 0 bridgehead atoms. The minimum absolute atomic E-state index is 0.0659. The van der Waals surface area contributed by atoms with E-state index in [9.17, 15) is 19.5 Å². The summed E-state index contributed by atoms with van der Waals surface area (Å²) in [6.45, 7) is 3.78. The highest BCUT2D eigenvalue weighted by molar-refractivity contribution is 5.84. The number of hydrogen-bond acceptors (Lipinski definition) is 3. The SMILES string of the molecule is CC1CC(C(=O)O)CN(C(=O)NCC(=O)N2CCc3ccccc3C2)C1. The Balaban J connectivity index is 1.51. The van der Waals surface area contributed by atoms with E-state index < -0.39 is 11.9 Å². The van der Waals surface area contributed by atoms with Gasteiger partial charge in [-0.15, -0.1) is 0 Å². The molecule has 2 aliphatic heterocycles. The molecule has 0 spiro atoms. The van der Waals surface area contributed by atoms with Crippen LogP contribution in [0.3, 0.4) is 0 Å². The first kappa shape index (κ1) is 18.2. The van der Waals surface area contributed by atoms with Gasteiger partial charge in [-0.2, -0.15) is 0 Å². The summed E-state index contributed by atoms with van der Waals surface area (Å²) in [6.07, 6.45) is 1.39. The van der Waals surface area contributed by atoms with Crippen molar-refractivity contribution in [3.8, 4) is 0 Å². The van der Waals surface area contributed by atoms with Gasteiger partial charge < -0.3 is 20.2 Å². The largest absolute Gasteiger partial charge is 0.481 e. The van der Waals surface area contributed by atoms with E-state index in [1.807, 2.05) is 25.1 Å². The van der Waals surface area contributed by atoms with Crippen LogP contribution in [0.15, 0.2) is 24.3 Å². The summed E-state index contributed by atoms with van der Waals surface area (Å²) >= 11 is 0. The summed E-state index contributed by atoms with van der Waals surface area (Å²) in [6, 6.07) is 7.70. The lowest BCUT2D eigenvalue weighted by atomic mass is 9.91. The fraction of sp³-hybridized carbons (Fsp3) is 0.526. The van der Waals surface area contributed by atoms with Crippen LogP contribution < -0.4 is 5.32 Å². The van der Waals surface area contributed by atoms with Crippen molar-refractivity contribution in [3.05, 3.63) is 35.4 Å². The Morgan fingerprint density at radius 2 is 1.88 bits per heavy atom. The Morgan fingerprint density at radius 3 is 2.62 bits per heavy atom. The molecule has 3 amide bonds. The van der Waals surface area contributed by atoms with E-state index in [1.54, 1.807) is 4.90 Å². The lowest BCUT2D eigenvalue weighted by Gasteiger charge is -2.35. The van der Waals surface area contributed by atoms with Crippen LogP contribution in [0.5, 0.6) is 0 Å². The number of carboxylic acids is 1. The number of carbonyl (C=O) groups excluding carboxylic acids is 2. The Morgan fingerprint density at radius 1 is 1.15 bits per heavy atom. The van der Waals surface area contributed by atoms with Crippen molar-refractivity contribution in [1.29, 1.82) is 0 Å². The first-order valence-electron chi connectivity index (χ1n) is 9.04. The lowest BCUT2D eigenvalue weighted by molar-refractivity contribution is -0.143. The Bertz CT molecular complexity index is 706. The average Bonchev–Trinajstić information content (AvgIpc) is 2.64. The van der Waals surface area contributed by atoms with Crippen molar-refractivity contribution in [2.24, 2.45) is 11.8 Å². The van der Waals surface area contributed by atoms with Gasteiger partial charge in [-0.3, -0.25) is 9.59 Å². The fourth-order valence-electron chi connectivity index (χ4n) is 3.78. The highest BCUT2D eigenvalue weighted by Crippen LogP contribution is 2.22. The molecule has 1 aromatic rings. The first-order valence-corrected chi connectivity index (χ1v) is 9.04. The molecule has 2 aliphatic rings.